The van der Waals surface area contributed by atoms with E-state index in [4.69, 9.17) is 4.74 Å². The molecule has 4 heterocycles. The number of hydrogen-bond donors (Lipinski definition) is 1. The molecule has 8 heteroatoms. The van der Waals surface area contributed by atoms with Gasteiger partial charge in [-0.2, -0.15) is 0 Å². The second-order valence-electron chi connectivity index (χ2n) is 7.72. The molecule has 2 aromatic rings. The van der Waals surface area contributed by atoms with Gasteiger partial charge in [-0.05, 0) is 36.4 Å². The highest BCUT2D eigenvalue weighted by atomic mass is 16.5. The van der Waals surface area contributed by atoms with Gasteiger partial charge in [0.15, 0.2) is 0 Å². The number of ether oxygens (including phenoxy) is 1. The summed E-state index contributed by atoms with van der Waals surface area (Å²) in [6.45, 7) is 3.44. The first-order chi connectivity index (χ1) is 14.0. The molecule has 1 N–H and O–H groups in total. The lowest BCUT2D eigenvalue weighted by molar-refractivity contribution is -0.131. The van der Waals surface area contributed by atoms with Crippen molar-refractivity contribution in [2.45, 2.75) is 25.6 Å². The molecule has 2 aromatic heterocycles. The average Bonchev–Trinajstić information content (AvgIpc) is 3.17. The zero-order valence-corrected chi connectivity index (χ0v) is 16.9. The minimum absolute atomic E-state index is 0.0298. The predicted molar refractivity (Wildman–Crippen MR) is 107 cm³/mol. The number of amides is 2. The maximum atomic E-state index is 12.8. The number of aromatic nitrogens is 2. The molecular formula is C21H27N5O3. The molecule has 1 atom stereocenters. The van der Waals surface area contributed by atoms with Crippen LogP contribution in [0.15, 0.2) is 30.6 Å². The van der Waals surface area contributed by atoms with Gasteiger partial charge >= 0.3 is 0 Å². The monoisotopic (exact) mass is 397 g/mol. The van der Waals surface area contributed by atoms with Crippen LogP contribution < -0.4 is 5.32 Å². The summed E-state index contributed by atoms with van der Waals surface area (Å²) >= 11 is 0. The van der Waals surface area contributed by atoms with Crippen molar-refractivity contribution in [3.63, 3.8) is 0 Å². The zero-order chi connectivity index (χ0) is 20.4. The van der Waals surface area contributed by atoms with Crippen molar-refractivity contribution in [2.24, 2.45) is 7.05 Å². The van der Waals surface area contributed by atoms with E-state index >= 15 is 0 Å². The van der Waals surface area contributed by atoms with Crippen LogP contribution in [-0.4, -0.2) is 70.6 Å². The number of aryl methyl sites for hydroxylation is 1. The van der Waals surface area contributed by atoms with E-state index < -0.39 is 0 Å². The Morgan fingerprint density at radius 3 is 2.93 bits per heavy atom. The second-order valence-corrected chi connectivity index (χ2v) is 7.72. The number of nitrogens with one attached hydrogen (secondary N) is 1. The summed E-state index contributed by atoms with van der Waals surface area (Å²) in [7, 11) is 3.81. The van der Waals surface area contributed by atoms with E-state index in [0.717, 1.165) is 29.8 Å². The molecular weight excluding hydrogens is 370 g/mol. The summed E-state index contributed by atoms with van der Waals surface area (Å²) in [4.78, 5) is 33.7. The quantitative estimate of drug-likeness (QED) is 0.816. The van der Waals surface area contributed by atoms with Gasteiger partial charge in [0.1, 0.15) is 11.7 Å². The maximum absolute atomic E-state index is 12.8. The first-order valence-corrected chi connectivity index (χ1v) is 9.96. The molecule has 2 amide bonds. The molecule has 0 aromatic carbocycles. The SMILES string of the molecule is CN1CCOC[C@@H]1C(=O)NCc1cnc2c(c1)CN(C(=O)c1cccn1C)CC2. The van der Waals surface area contributed by atoms with Gasteiger partial charge in [-0.15, -0.1) is 0 Å². The van der Waals surface area contributed by atoms with E-state index in [0.29, 0.717) is 38.5 Å². The van der Waals surface area contributed by atoms with Gasteiger partial charge in [0.2, 0.25) is 5.91 Å². The van der Waals surface area contributed by atoms with Crippen LogP contribution in [0.2, 0.25) is 0 Å². The molecule has 0 bridgehead atoms. The summed E-state index contributed by atoms with van der Waals surface area (Å²) in [6.07, 6.45) is 4.43. The number of rotatable bonds is 4. The van der Waals surface area contributed by atoms with Gasteiger partial charge in [0, 0.05) is 57.7 Å². The van der Waals surface area contributed by atoms with Crippen LogP contribution in [0.3, 0.4) is 0 Å². The van der Waals surface area contributed by atoms with Gasteiger partial charge in [0.25, 0.3) is 5.91 Å². The molecule has 0 unspecified atom stereocenters. The Hall–Kier alpha value is -2.71. The Kier molecular flexibility index (Phi) is 5.64. The number of pyridine rings is 1. The van der Waals surface area contributed by atoms with Crippen molar-refractivity contribution in [3.8, 4) is 0 Å². The minimum atomic E-state index is -0.257. The topological polar surface area (TPSA) is 79.7 Å². The second kappa shape index (κ2) is 8.34. The summed E-state index contributed by atoms with van der Waals surface area (Å²) in [5.74, 6) is -0.00683. The van der Waals surface area contributed by atoms with E-state index in [-0.39, 0.29) is 17.9 Å². The standard InChI is InChI=1S/C21H27N5O3/c1-24-6-3-4-18(24)21(28)26-7-5-17-16(13-26)10-15(11-22-17)12-23-20(27)19-14-29-9-8-25(19)2/h3-4,6,10-11,19H,5,7-9,12-14H2,1-2H3,(H,23,27)/t19-/m1/s1. The van der Waals surface area contributed by atoms with Crippen molar-refractivity contribution in [1.82, 2.24) is 24.7 Å². The largest absolute Gasteiger partial charge is 0.378 e. The fourth-order valence-electron chi connectivity index (χ4n) is 3.86. The number of fused-ring (bicyclic) bond motifs is 1. The number of hydrogen-bond acceptors (Lipinski definition) is 5. The van der Waals surface area contributed by atoms with Crippen molar-refractivity contribution in [3.05, 3.63) is 53.1 Å². The van der Waals surface area contributed by atoms with Crippen molar-refractivity contribution in [1.29, 1.82) is 0 Å². The lowest BCUT2D eigenvalue weighted by atomic mass is 10.0. The molecule has 1 saturated heterocycles. The van der Waals surface area contributed by atoms with E-state index in [2.05, 4.69) is 10.3 Å². The molecule has 2 aliphatic heterocycles. The number of morpholine rings is 1. The number of likely N-dealkylation sites (N-methyl/N-ethyl adjacent to an activating group) is 1. The minimum Gasteiger partial charge on any atom is -0.378 e. The molecule has 8 nitrogen and oxygen atoms in total. The summed E-state index contributed by atoms with van der Waals surface area (Å²) in [5.41, 5.74) is 3.69. The van der Waals surface area contributed by atoms with Gasteiger partial charge < -0.3 is 19.5 Å². The molecule has 1 fully saturated rings. The summed E-state index contributed by atoms with van der Waals surface area (Å²) in [6, 6.07) is 5.51. The zero-order valence-electron chi connectivity index (χ0n) is 16.9. The number of nitrogens with zero attached hydrogens (tertiary/aromatic N) is 4. The van der Waals surface area contributed by atoms with Gasteiger partial charge in [-0.25, -0.2) is 0 Å². The van der Waals surface area contributed by atoms with Crippen LogP contribution in [-0.2, 0) is 36.1 Å². The van der Waals surface area contributed by atoms with Crippen LogP contribution in [0.4, 0.5) is 0 Å². The van der Waals surface area contributed by atoms with E-state index in [1.807, 2.05) is 59.1 Å². The lowest BCUT2D eigenvalue weighted by Gasteiger charge is -2.31. The third-order valence-corrected chi connectivity index (χ3v) is 5.71. The van der Waals surface area contributed by atoms with Crippen LogP contribution in [0, 0.1) is 0 Å². The smallest absolute Gasteiger partial charge is 0.270 e. The van der Waals surface area contributed by atoms with E-state index in [1.165, 1.54) is 0 Å². The first kappa shape index (κ1) is 19.6. The van der Waals surface area contributed by atoms with Gasteiger partial charge in [0.05, 0.1) is 13.2 Å². The Labute approximate surface area is 170 Å². The first-order valence-electron chi connectivity index (χ1n) is 9.96. The third kappa shape index (κ3) is 4.18. The average molecular weight is 397 g/mol. The molecule has 0 aliphatic carbocycles. The van der Waals surface area contributed by atoms with Gasteiger partial charge in [-0.1, -0.05) is 0 Å². The summed E-state index contributed by atoms with van der Waals surface area (Å²) < 4.78 is 7.26. The Morgan fingerprint density at radius 1 is 1.31 bits per heavy atom. The Bertz CT molecular complexity index is 909. The van der Waals surface area contributed by atoms with Crippen LogP contribution in [0.25, 0.3) is 0 Å². The third-order valence-electron chi connectivity index (χ3n) is 5.71. The highest BCUT2D eigenvalue weighted by Gasteiger charge is 2.27. The molecule has 29 heavy (non-hydrogen) atoms. The predicted octanol–water partition coefficient (Wildman–Crippen LogP) is 0.565. The van der Waals surface area contributed by atoms with Crippen molar-refractivity contribution >= 4 is 11.8 Å². The van der Waals surface area contributed by atoms with Crippen LogP contribution in [0.1, 0.15) is 27.3 Å². The Morgan fingerprint density at radius 2 is 2.17 bits per heavy atom. The van der Waals surface area contributed by atoms with Gasteiger partial charge in [-0.3, -0.25) is 19.5 Å². The van der Waals surface area contributed by atoms with Crippen molar-refractivity contribution < 1.29 is 14.3 Å². The van der Waals surface area contributed by atoms with Crippen LogP contribution in [0.5, 0.6) is 0 Å². The molecule has 0 spiro atoms. The van der Waals surface area contributed by atoms with E-state index in [9.17, 15) is 9.59 Å². The van der Waals surface area contributed by atoms with Crippen LogP contribution >= 0.6 is 0 Å². The maximum Gasteiger partial charge on any atom is 0.270 e. The molecule has 154 valence electrons. The van der Waals surface area contributed by atoms with E-state index in [1.54, 1.807) is 0 Å². The lowest BCUT2D eigenvalue weighted by Crippen LogP contribution is -2.51. The fourth-order valence-corrected chi connectivity index (χ4v) is 3.86. The Balaban J connectivity index is 1.40. The van der Waals surface area contributed by atoms with Crippen molar-refractivity contribution in [2.75, 3.05) is 33.4 Å². The number of carbonyl (C=O) groups is 2. The molecule has 4 rings (SSSR count). The summed E-state index contributed by atoms with van der Waals surface area (Å²) in [5, 5.41) is 2.99. The molecule has 0 saturated carbocycles. The highest BCUT2D eigenvalue weighted by molar-refractivity contribution is 5.92. The molecule has 2 aliphatic rings. The fraction of sp³-hybridized carbons (Fsp3) is 0.476. The number of carbonyl (C=O) groups excluding carboxylic acids is 2. The highest BCUT2D eigenvalue weighted by Crippen LogP contribution is 2.20. The normalized spacial score (nSPS) is 19.7. The molecule has 0 radical (unpaired) electrons.